The van der Waals surface area contributed by atoms with E-state index in [1.807, 2.05) is 23.9 Å². The van der Waals surface area contributed by atoms with E-state index in [-0.39, 0.29) is 11.9 Å². The highest BCUT2D eigenvalue weighted by atomic mass is 32.2. The number of nitrogens with zero attached hydrogens (tertiary/aromatic N) is 1. The van der Waals surface area contributed by atoms with Crippen LogP contribution in [-0.4, -0.2) is 36.0 Å². The maximum absolute atomic E-state index is 12.9. The van der Waals surface area contributed by atoms with Crippen molar-refractivity contribution in [3.63, 3.8) is 0 Å². The Morgan fingerprint density at radius 3 is 2.71 bits per heavy atom. The van der Waals surface area contributed by atoms with E-state index in [4.69, 9.17) is 5.73 Å². The van der Waals surface area contributed by atoms with Crippen LogP contribution >= 0.6 is 11.8 Å². The number of hydrogen-bond donors (Lipinski definition) is 1. The van der Waals surface area contributed by atoms with Crippen molar-refractivity contribution in [1.29, 1.82) is 0 Å². The van der Waals surface area contributed by atoms with Crippen LogP contribution in [0.25, 0.3) is 0 Å². The smallest absolute Gasteiger partial charge is 0.123 e. The molecule has 0 aromatic heterocycles. The van der Waals surface area contributed by atoms with Gasteiger partial charge in [0, 0.05) is 24.9 Å². The molecule has 1 aromatic carbocycles. The first kappa shape index (κ1) is 12.9. The van der Waals surface area contributed by atoms with E-state index < -0.39 is 0 Å². The van der Waals surface area contributed by atoms with Crippen LogP contribution in [0.3, 0.4) is 0 Å². The molecule has 0 spiro atoms. The van der Waals surface area contributed by atoms with Gasteiger partial charge in [-0.2, -0.15) is 11.8 Å². The zero-order valence-corrected chi connectivity index (χ0v) is 10.8. The van der Waals surface area contributed by atoms with E-state index >= 15 is 0 Å². The number of hydrogen-bond acceptors (Lipinski definition) is 3. The molecule has 1 heterocycles. The first-order valence-corrected chi connectivity index (χ1v) is 7.24. The van der Waals surface area contributed by atoms with Crippen LogP contribution in [0.5, 0.6) is 0 Å². The fourth-order valence-corrected chi connectivity index (χ4v) is 3.16. The molecular formula is C13H19FN2S. The number of rotatable bonds is 3. The topological polar surface area (TPSA) is 29.3 Å². The lowest BCUT2D eigenvalue weighted by atomic mass is 10.1. The summed E-state index contributed by atoms with van der Waals surface area (Å²) in [4.78, 5) is 2.42. The van der Waals surface area contributed by atoms with Crippen molar-refractivity contribution in [1.82, 2.24) is 4.90 Å². The van der Waals surface area contributed by atoms with Gasteiger partial charge in [0.2, 0.25) is 0 Å². The van der Waals surface area contributed by atoms with Crippen molar-refractivity contribution in [2.45, 2.75) is 12.5 Å². The van der Waals surface area contributed by atoms with E-state index in [1.54, 1.807) is 0 Å². The highest BCUT2D eigenvalue weighted by Gasteiger charge is 2.20. The molecule has 1 saturated heterocycles. The van der Waals surface area contributed by atoms with E-state index in [9.17, 15) is 4.39 Å². The predicted octanol–water partition coefficient (Wildman–Crippen LogP) is 2.26. The molecule has 0 radical (unpaired) electrons. The second-order valence-corrected chi connectivity index (χ2v) is 5.53. The number of nitrogens with two attached hydrogens (primary N) is 1. The summed E-state index contributed by atoms with van der Waals surface area (Å²) >= 11 is 2.00. The minimum absolute atomic E-state index is 0.184. The molecule has 1 aromatic rings. The van der Waals surface area contributed by atoms with Gasteiger partial charge in [-0.1, -0.05) is 12.1 Å². The Hall–Kier alpha value is -0.580. The Labute approximate surface area is 106 Å². The van der Waals surface area contributed by atoms with Crippen molar-refractivity contribution in [3.05, 3.63) is 35.6 Å². The Balaban J connectivity index is 2.11. The van der Waals surface area contributed by atoms with E-state index in [2.05, 4.69) is 4.90 Å². The molecule has 0 saturated carbocycles. The van der Waals surface area contributed by atoms with Crippen molar-refractivity contribution in [2.75, 3.05) is 31.1 Å². The third kappa shape index (κ3) is 3.44. The summed E-state index contributed by atoms with van der Waals surface area (Å²) < 4.78 is 12.9. The van der Waals surface area contributed by atoms with Gasteiger partial charge in [-0.25, -0.2) is 4.39 Å². The Morgan fingerprint density at radius 1 is 1.24 bits per heavy atom. The zero-order chi connectivity index (χ0) is 12.1. The van der Waals surface area contributed by atoms with Gasteiger partial charge < -0.3 is 5.73 Å². The molecule has 1 unspecified atom stereocenters. The van der Waals surface area contributed by atoms with Crippen LogP contribution in [0.4, 0.5) is 4.39 Å². The van der Waals surface area contributed by atoms with Crippen LogP contribution in [0.15, 0.2) is 24.3 Å². The summed E-state index contributed by atoms with van der Waals surface area (Å²) in [5.74, 6) is 2.21. The monoisotopic (exact) mass is 254 g/mol. The number of thioether (sulfide) groups is 1. The summed E-state index contributed by atoms with van der Waals surface area (Å²) in [5, 5.41) is 0. The molecule has 1 aliphatic rings. The summed E-state index contributed by atoms with van der Waals surface area (Å²) in [6.07, 6.45) is 1.21. The second-order valence-electron chi connectivity index (χ2n) is 4.30. The van der Waals surface area contributed by atoms with Crippen LogP contribution in [0, 0.1) is 5.82 Å². The van der Waals surface area contributed by atoms with Crippen LogP contribution < -0.4 is 5.73 Å². The lowest BCUT2D eigenvalue weighted by Gasteiger charge is -2.29. The lowest BCUT2D eigenvalue weighted by Crippen LogP contribution is -2.35. The van der Waals surface area contributed by atoms with Gasteiger partial charge in [-0.3, -0.25) is 4.90 Å². The van der Waals surface area contributed by atoms with E-state index in [0.29, 0.717) is 6.54 Å². The minimum Gasteiger partial charge on any atom is -0.329 e. The van der Waals surface area contributed by atoms with Gasteiger partial charge in [0.1, 0.15) is 5.82 Å². The number of halogens is 1. The van der Waals surface area contributed by atoms with Crippen LogP contribution in [0.2, 0.25) is 0 Å². The quantitative estimate of drug-likeness (QED) is 0.897. The van der Waals surface area contributed by atoms with Gasteiger partial charge in [0.15, 0.2) is 0 Å². The molecule has 17 heavy (non-hydrogen) atoms. The van der Waals surface area contributed by atoms with Crippen molar-refractivity contribution in [2.24, 2.45) is 5.73 Å². The molecule has 4 heteroatoms. The highest BCUT2D eigenvalue weighted by Crippen LogP contribution is 2.23. The second kappa shape index (κ2) is 6.38. The SMILES string of the molecule is NCC(c1ccc(F)cc1)N1CCCSCC1. The largest absolute Gasteiger partial charge is 0.329 e. The average Bonchev–Trinajstić information content (AvgIpc) is 2.62. The first-order chi connectivity index (χ1) is 8.31. The van der Waals surface area contributed by atoms with Crippen molar-refractivity contribution in [3.8, 4) is 0 Å². The Morgan fingerprint density at radius 2 is 2.00 bits per heavy atom. The van der Waals surface area contributed by atoms with E-state index in [0.717, 1.165) is 24.4 Å². The lowest BCUT2D eigenvalue weighted by molar-refractivity contribution is 0.218. The molecule has 0 amide bonds. The highest BCUT2D eigenvalue weighted by molar-refractivity contribution is 7.99. The van der Waals surface area contributed by atoms with Gasteiger partial charge >= 0.3 is 0 Å². The van der Waals surface area contributed by atoms with Crippen molar-refractivity contribution < 1.29 is 4.39 Å². The molecule has 0 aliphatic carbocycles. The summed E-state index contributed by atoms with van der Waals surface area (Å²) in [5.41, 5.74) is 7.01. The maximum atomic E-state index is 12.9. The third-order valence-electron chi connectivity index (χ3n) is 3.18. The molecular weight excluding hydrogens is 235 g/mol. The molecule has 1 atom stereocenters. The standard InChI is InChI=1S/C13H19FN2S/c14-12-4-2-11(3-5-12)13(10-15)16-6-1-8-17-9-7-16/h2-5,13H,1,6-10,15H2. The van der Waals surface area contributed by atoms with Gasteiger partial charge in [0.25, 0.3) is 0 Å². The molecule has 1 aliphatic heterocycles. The maximum Gasteiger partial charge on any atom is 0.123 e. The normalized spacial score (nSPS) is 19.9. The zero-order valence-electron chi connectivity index (χ0n) is 9.94. The summed E-state index contributed by atoms with van der Waals surface area (Å²) in [7, 11) is 0. The third-order valence-corrected chi connectivity index (χ3v) is 4.22. The molecule has 2 rings (SSSR count). The summed E-state index contributed by atoms with van der Waals surface area (Å²) in [6.45, 7) is 2.76. The molecule has 1 fully saturated rings. The molecule has 2 N–H and O–H groups in total. The number of benzene rings is 1. The molecule has 0 bridgehead atoms. The van der Waals surface area contributed by atoms with E-state index in [1.165, 1.54) is 24.3 Å². The average molecular weight is 254 g/mol. The Bertz CT molecular complexity index is 334. The van der Waals surface area contributed by atoms with Gasteiger partial charge in [-0.15, -0.1) is 0 Å². The predicted molar refractivity (Wildman–Crippen MR) is 71.7 cm³/mol. The van der Waals surface area contributed by atoms with Gasteiger partial charge in [0.05, 0.1) is 0 Å². The minimum atomic E-state index is -0.184. The first-order valence-electron chi connectivity index (χ1n) is 6.08. The van der Waals surface area contributed by atoms with Gasteiger partial charge in [-0.05, 0) is 36.4 Å². The fraction of sp³-hybridized carbons (Fsp3) is 0.538. The van der Waals surface area contributed by atoms with Crippen LogP contribution in [0.1, 0.15) is 18.0 Å². The summed E-state index contributed by atoms with van der Waals surface area (Å²) in [6, 6.07) is 6.97. The molecule has 94 valence electrons. The Kier molecular flexibility index (Phi) is 4.83. The van der Waals surface area contributed by atoms with Crippen molar-refractivity contribution >= 4 is 11.8 Å². The fourth-order valence-electron chi connectivity index (χ4n) is 2.26. The van der Waals surface area contributed by atoms with Crippen LogP contribution in [-0.2, 0) is 0 Å². The molecule has 2 nitrogen and oxygen atoms in total.